The summed E-state index contributed by atoms with van der Waals surface area (Å²) in [6, 6.07) is 20.4. The Morgan fingerprint density at radius 2 is 1.83 bits per heavy atom. The van der Waals surface area contributed by atoms with E-state index >= 15 is 0 Å². The van der Waals surface area contributed by atoms with E-state index in [4.69, 9.17) is 16.3 Å². The summed E-state index contributed by atoms with van der Waals surface area (Å²) in [5, 5.41) is 16.3. The molecular weight excluding hydrogens is 390 g/mol. The molecule has 0 aliphatic carbocycles. The molecule has 0 radical (unpaired) electrons. The molecule has 29 heavy (non-hydrogen) atoms. The van der Waals surface area contributed by atoms with Crippen LogP contribution < -0.4 is 10.1 Å². The quantitative estimate of drug-likeness (QED) is 0.528. The summed E-state index contributed by atoms with van der Waals surface area (Å²) in [6.07, 6.45) is -0.678. The van der Waals surface area contributed by atoms with E-state index in [2.05, 4.69) is 20.6 Å². The minimum Gasteiger partial charge on any atom is -0.481 e. The van der Waals surface area contributed by atoms with Crippen molar-refractivity contribution in [2.24, 2.45) is 0 Å². The Hall–Kier alpha value is -3.45. The fraction of sp³-hybridized carbons (Fsp3) is 0.143. The number of aromatic nitrogens is 4. The maximum Gasteiger partial charge on any atom is 0.261 e. The predicted octanol–water partition coefficient (Wildman–Crippen LogP) is 3.53. The van der Waals surface area contributed by atoms with Gasteiger partial charge in [-0.05, 0) is 43.3 Å². The molecule has 0 fully saturated rings. The molecule has 0 saturated carbocycles. The number of carbonyl (C=O) groups excluding carboxylic acids is 1. The number of rotatable bonds is 6. The van der Waals surface area contributed by atoms with E-state index in [1.807, 2.05) is 42.5 Å². The van der Waals surface area contributed by atoms with Crippen molar-refractivity contribution in [2.75, 3.05) is 0 Å². The summed E-state index contributed by atoms with van der Waals surface area (Å²) in [6.45, 7) is 1.86. The minimum absolute atomic E-state index is 0.180. The summed E-state index contributed by atoms with van der Waals surface area (Å²) in [5.41, 5.74) is 2.40. The van der Waals surface area contributed by atoms with Crippen LogP contribution in [0, 0.1) is 0 Å². The van der Waals surface area contributed by atoms with Gasteiger partial charge in [0.25, 0.3) is 5.91 Å². The molecule has 0 aliphatic heterocycles. The molecule has 4 rings (SSSR count). The molecule has 8 heteroatoms. The van der Waals surface area contributed by atoms with Crippen LogP contribution in [0.3, 0.4) is 0 Å². The topological polar surface area (TPSA) is 81.4 Å². The number of amides is 1. The van der Waals surface area contributed by atoms with Crippen molar-refractivity contribution in [3.63, 3.8) is 0 Å². The first-order valence-electron chi connectivity index (χ1n) is 9.07. The second-order valence-electron chi connectivity index (χ2n) is 6.40. The monoisotopic (exact) mass is 407 g/mol. The van der Waals surface area contributed by atoms with Crippen LogP contribution >= 0.6 is 11.6 Å². The lowest BCUT2D eigenvalue weighted by atomic mass is 10.1. The van der Waals surface area contributed by atoms with E-state index in [0.717, 1.165) is 11.3 Å². The third kappa shape index (κ3) is 4.35. The van der Waals surface area contributed by atoms with Crippen LogP contribution in [-0.2, 0) is 11.3 Å². The number of halogens is 1. The molecule has 1 amide bonds. The van der Waals surface area contributed by atoms with Gasteiger partial charge in [0.15, 0.2) is 17.6 Å². The van der Waals surface area contributed by atoms with E-state index in [-0.39, 0.29) is 12.5 Å². The lowest BCUT2D eigenvalue weighted by Crippen LogP contribution is -2.36. The number of nitrogens with zero attached hydrogens (tertiary/aromatic N) is 4. The largest absolute Gasteiger partial charge is 0.481 e. The first kappa shape index (κ1) is 18.9. The molecule has 0 unspecified atom stereocenters. The van der Waals surface area contributed by atoms with Crippen LogP contribution in [0.25, 0.3) is 16.9 Å². The van der Waals surface area contributed by atoms with E-state index in [9.17, 15) is 4.79 Å². The number of hydrogen-bond acceptors (Lipinski definition) is 5. The molecule has 1 N–H and O–H groups in total. The highest BCUT2D eigenvalue weighted by molar-refractivity contribution is 6.30. The van der Waals surface area contributed by atoms with Crippen molar-refractivity contribution in [1.82, 2.24) is 25.1 Å². The first-order valence-corrected chi connectivity index (χ1v) is 9.44. The van der Waals surface area contributed by atoms with E-state index in [0.29, 0.717) is 22.2 Å². The highest BCUT2D eigenvalue weighted by Gasteiger charge is 2.16. The van der Waals surface area contributed by atoms with Crippen LogP contribution in [0.2, 0.25) is 5.02 Å². The number of benzene rings is 2. The maximum atomic E-state index is 12.4. The number of hydrogen-bond donors (Lipinski definition) is 1. The molecule has 146 valence electrons. The molecule has 0 bridgehead atoms. The summed E-state index contributed by atoms with van der Waals surface area (Å²) in [5.74, 6) is 0.833. The number of ether oxygens (including phenoxy) is 1. The third-order valence-corrected chi connectivity index (χ3v) is 4.57. The Balaban J connectivity index is 1.45. The van der Waals surface area contributed by atoms with Gasteiger partial charge in [-0.2, -0.15) is 9.61 Å². The minimum atomic E-state index is -0.678. The fourth-order valence-electron chi connectivity index (χ4n) is 2.79. The number of fused-ring (bicyclic) bond motifs is 1. The highest BCUT2D eigenvalue weighted by atomic mass is 35.5. The first-order chi connectivity index (χ1) is 14.1. The number of nitrogens with one attached hydrogen (secondary N) is 1. The van der Waals surface area contributed by atoms with Gasteiger partial charge in [0.05, 0.1) is 12.2 Å². The van der Waals surface area contributed by atoms with Crippen molar-refractivity contribution in [3.05, 3.63) is 77.6 Å². The average Bonchev–Trinajstić information content (AvgIpc) is 3.16. The fourth-order valence-corrected chi connectivity index (χ4v) is 2.91. The Labute approximate surface area is 172 Å². The van der Waals surface area contributed by atoms with Gasteiger partial charge < -0.3 is 10.1 Å². The Morgan fingerprint density at radius 1 is 1.07 bits per heavy atom. The van der Waals surface area contributed by atoms with E-state index < -0.39 is 6.10 Å². The molecule has 1 atom stereocenters. The Morgan fingerprint density at radius 3 is 2.59 bits per heavy atom. The maximum absolute atomic E-state index is 12.4. The molecule has 2 heterocycles. The Kier molecular flexibility index (Phi) is 5.39. The van der Waals surface area contributed by atoms with Gasteiger partial charge in [-0.3, -0.25) is 4.79 Å². The zero-order valence-corrected chi connectivity index (χ0v) is 16.4. The molecule has 0 spiro atoms. The zero-order chi connectivity index (χ0) is 20.2. The SMILES string of the molecule is C[C@H](Oc1ccc(Cl)cc1)C(=O)NCc1nnc2ccc(-c3ccccc3)nn12. The summed E-state index contributed by atoms with van der Waals surface area (Å²) in [4.78, 5) is 12.4. The van der Waals surface area contributed by atoms with Crippen LogP contribution in [-0.4, -0.2) is 31.8 Å². The normalized spacial score (nSPS) is 11.9. The number of carbonyl (C=O) groups is 1. The van der Waals surface area contributed by atoms with Crippen molar-refractivity contribution >= 4 is 23.2 Å². The summed E-state index contributed by atoms with van der Waals surface area (Å²) < 4.78 is 7.27. The second-order valence-corrected chi connectivity index (χ2v) is 6.84. The van der Waals surface area contributed by atoms with E-state index in [1.54, 1.807) is 35.7 Å². The van der Waals surface area contributed by atoms with Crippen LogP contribution in [0.5, 0.6) is 5.75 Å². The highest BCUT2D eigenvalue weighted by Crippen LogP contribution is 2.18. The summed E-state index contributed by atoms with van der Waals surface area (Å²) >= 11 is 5.86. The van der Waals surface area contributed by atoms with Gasteiger partial charge in [-0.1, -0.05) is 41.9 Å². The van der Waals surface area contributed by atoms with Gasteiger partial charge >= 0.3 is 0 Å². The lowest BCUT2D eigenvalue weighted by Gasteiger charge is -2.14. The smallest absolute Gasteiger partial charge is 0.261 e. The third-order valence-electron chi connectivity index (χ3n) is 4.31. The molecule has 7 nitrogen and oxygen atoms in total. The van der Waals surface area contributed by atoms with Crippen LogP contribution in [0.4, 0.5) is 0 Å². The predicted molar refractivity (Wildman–Crippen MR) is 110 cm³/mol. The molecular formula is C21H18ClN5O2. The van der Waals surface area contributed by atoms with Crippen molar-refractivity contribution < 1.29 is 9.53 Å². The zero-order valence-electron chi connectivity index (χ0n) is 15.6. The van der Waals surface area contributed by atoms with Crippen molar-refractivity contribution in [3.8, 4) is 17.0 Å². The average molecular weight is 408 g/mol. The standard InChI is InChI=1S/C21H18ClN5O2/c1-14(29-17-9-7-16(22)8-10-17)21(28)23-13-20-25-24-19-12-11-18(26-27(19)20)15-5-3-2-4-6-15/h2-12,14H,13H2,1H3,(H,23,28)/t14-/m0/s1. The lowest BCUT2D eigenvalue weighted by molar-refractivity contribution is -0.127. The van der Waals surface area contributed by atoms with Crippen LogP contribution in [0.1, 0.15) is 12.7 Å². The molecule has 2 aromatic carbocycles. The van der Waals surface area contributed by atoms with Gasteiger partial charge in [-0.25, -0.2) is 0 Å². The van der Waals surface area contributed by atoms with Crippen molar-refractivity contribution in [1.29, 1.82) is 0 Å². The van der Waals surface area contributed by atoms with Gasteiger partial charge in [0.2, 0.25) is 0 Å². The molecule has 0 aliphatic rings. The molecule has 0 saturated heterocycles. The Bertz CT molecular complexity index is 1130. The van der Waals surface area contributed by atoms with Gasteiger partial charge in [0.1, 0.15) is 5.75 Å². The van der Waals surface area contributed by atoms with Crippen molar-refractivity contribution in [2.45, 2.75) is 19.6 Å². The molecule has 4 aromatic rings. The second kappa shape index (κ2) is 8.28. The van der Waals surface area contributed by atoms with E-state index in [1.165, 1.54) is 0 Å². The summed E-state index contributed by atoms with van der Waals surface area (Å²) in [7, 11) is 0. The van der Waals surface area contributed by atoms with Gasteiger partial charge in [0, 0.05) is 10.6 Å². The molecule has 2 aromatic heterocycles. The van der Waals surface area contributed by atoms with Crippen LogP contribution in [0.15, 0.2) is 66.7 Å². The van der Waals surface area contributed by atoms with Gasteiger partial charge in [-0.15, -0.1) is 10.2 Å².